The summed E-state index contributed by atoms with van der Waals surface area (Å²) in [5.74, 6) is 2.85. The van der Waals surface area contributed by atoms with Crippen molar-refractivity contribution in [3.8, 4) is 5.75 Å². The number of nitrogens with zero attached hydrogens (tertiary/aromatic N) is 3. The summed E-state index contributed by atoms with van der Waals surface area (Å²) in [6.07, 6.45) is 8.70. The van der Waals surface area contributed by atoms with Gasteiger partial charge in [-0.3, -0.25) is 4.79 Å². The molecule has 2 aliphatic rings. The van der Waals surface area contributed by atoms with Gasteiger partial charge in [-0.2, -0.15) is 0 Å². The summed E-state index contributed by atoms with van der Waals surface area (Å²) in [6.45, 7) is 2.56. The largest absolute Gasteiger partial charge is 0.495 e. The Balaban J connectivity index is 1.48. The quantitative estimate of drug-likeness (QED) is 0.796. The first-order valence-corrected chi connectivity index (χ1v) is 9.67. The third-order valence-corrected chi connectivity index (χ3v) is 5.67. The van der Waals surface area contributed by atoms with Crippen molar-refractivity contribution in [3.63, 3.8) is 0 Å². The van der Waals surface area contributed by atoms with Crippen LogP contribution in [-0.4, -0.2) is 40.6 Å². The fraction of sp³-hybridized carbons (Fsp3) is 0.500. The van der Waals surface area contributed by atoms with E-state index in [1.807, 2.05) is 11.1 Å². The molecule has 4 rings (SSSR count). The second-order valence-corrected chi connectivity index (χ2v) is 7.73. The van der Waals surface area contributed by atoms with Crippen LogP contribution in [0.3, 0.4) is 0 Å². The standard InChI is InChI=1S/C20H24ClN3O2/c1-26-18-7-6-15(11-17(18)21)20(25)24-9-2-3-16(13-24)19-22-8-10-23(19)12-14-4-5-14/h6-8,10-11,14,16H,2-5,9,12-13H2,1H3/t16-/m0/s1. The number of piperidine rings is 1. The van der Waals surface area contributed by atoms with Crippen molar-refractivity contribution in [2.45, 2.75) is 38.1 Å². The Morgan fingerprint density at radius 3 is 2.92 bits per heavy atom. The zero-order valence-electron chi connectivity index (χ0n) is 15.0. The van der Waals surface area contributed by atoms with E-state index in [0.717, 1.165) is 37.7 Å². The summed E-state index contributed by atoms with van der Waals surface area (Å²) < 4.78 is 7.47. The minimum atomic E-state index is 0.0274. The Hall–Kier alpha value is -2.01. The second kappa shape index (κ2) is 7.31. The number of aromatic nitrogens is 2. The summed E-state index contributed by atoms with van der Waals surface area (Å²) in [4.78, 5) is 19.5. The predicted octanol–water partition coefficient (Wildman–Crippen LogP) is 3.97. The first-order chi connectivity index (χ1) is 12.7. The molecule has 6 heteroatoms. The van der Waals surface area contributed by atoms with E-state index in [2.05, 4.69) is 15.7 Å². The second-order valence-electron chi connectivity index (χ2n) is 7.32. The molecule has 1 amide bonds. The fourth-order valence-corrected chi connectivity index (χ4v) is 4.03. The smallest absolute Gasteiger partial charge is 0.253 e. The maximum absolute atomic E-state index is 12.9. The monoisotopic (exact) mass is 373 g/mol. The lowest BCUT2D eigenvalue weighted by atomic mass is 9.96. The first kappa shape index (κ1) is 17.4. The Kier molecular flexibility index (Phi) is 4.90. The van der Waals surface area contributed by atoms with E-state index in [0.29, 0.717) is 28.8 Å². The Morgan fingerprint density at radius 2 is 2.19 bits per heavy atom. The summed E-state index contributed by atoms with van der Waals surface area (Å²) in [5, 5.41) is 0.465. The van der Waals surface area contributed by atoms with Gasteiger partial charge in [-0.15, -0.1) is 0 Å². The zero-order valence-corrected chi connectivity index (χ0v) is 15.8. The number of carbonyl (C=O) groups excluding carboxylic acids is 1. The van der Waals surface area contributed by atoms with E-state index in [1.165, 1.54) is 12.8 Å². The van der Waals surface area contributed by atoms with Gasteiger partial charge in [0.15, 0.2) is 0 Å². The molecule has 1 saturated heterocycles. The number of methoxy groups -OCH3 is 1. The first-order valence-electron chi connectivity index (χ1n) is 9.29. The van der Waals surface area contributed by atoms with Gasteiger partial charge >= 0.3 is 0 Å². The molecule has 2 aromatic rings. The molecule has 5 nitrogen and oxygen atoms in total. The van der Waals surface area contributed by atoms with Crippen LogP contribution in [0.1, 0.15) is 47.8 Å². The average Bonchev–Trinajstić information content (AvgIpc) is 3.36. The average molecular weight is 374 g/mol. The molecule has 1 aromatic heterocycles. The highest BCUT2D eigenvalue weighted by Crippen LogP contribution is 2.33. The molecule has 1 aliphatic heterocycles. The lowest BCUT2D eigenvalue weighted by molar-refractivity contribution is 0.0703. The van der Waals surface area contributed by atoms with Crippen molar-refractivity contribution in [1.29, 1.82) is 0 Å². The molecule has 1 atom stereocenters. The van der Waals surface area contributed by atoms with Crippen LogP contribution in [0.15, 0.2) is 30.6 Å². The molecule has 1 aromatic carbocycles. The Morgan fingerprint density at radius 1 is 1.35 bits per heavy atom. The third-order valence-electron chi connectivity index (χ3n) is 5.37. The minimum absolute atomic E-state index is 0.0274. The van der Waals surface area contributed by atoms with Crippen LogP contribution >= 0.6 is 11.6 Å². The van der Waals surface area contributed by atoms with Crippen molar-refractivity contribution in [2.24, 2.45) is 5.92 Å². The highest BCUT2D eigenvalue weighted by atomic mass is 35.5. The number of amides is 1. The zero-order chi connectivity index (χ0) is 18.1. The van der Waals surface area contributed by atoms with Gasteiger partial charge in [-0.1, -0.05) is 11.6 Å². The molecule has 0 unspecified atom stereocenters. The van der Waals surface area contributed by atoms with Gasteiger partial charge in [0, 0.05) is 43.5 Å². The van der Waals surface area contributed by atoms with Crippen LogP contribution in [0.5, 0.6) is 5.75 Å². The number of hydrogen-bond acceptors (Lipinski definition) is 3. The van der Waals surface area contributed by atoms with Crippen molar-refractivity contribution in [1.82, 2.24) is 14.5 Å². The molecule has 26 heavy (non-hydrogen) atoms. The van der Waals surface area contributed by atoms with E-state index >= 15 is 0 Å². The molecule has 1 aliphatic carbocycles. The van der Waals surface area contributed by atoms with Gasteiger partial charge in [0.2, 0.25) is 0 Å². The Bertz CT molecular complexity index is 800. The van der Waals surface area contributed by atoms with Gasteiger partial charge < -0.3 is 14.2 Å². The molecule has 1 saturated carbocycles. The van der Waals surface area contributed by atoms with Gasteiger partial charge in [0.1, 0.15) is 11.6 Å². The number of imidazole rings is 1. The van der Waals surface area contributed by atoms with E-state index in [9.17, 15) is 4.79 Å². The van der Waals surface area contributed by atoms with Crippen molar-refractivity contribution >= 4 is 17.5 Å². The number of ether oxygens (including phenoxy) is 1. The number of hydrogen-bond donors (Lipinski definition) is 0. The van der Waals surface area contributed by atoms with Gasteiger partial charge in [0.25, 0.3) is 5.91 Å². The van der Waals surface area contributed by atoms with Gasteiger partial charge in [-0.25, -0.2) is 4.98 Å². The lowest BCUT2D eigenvalue weighted by Crippen LogP contribution is -2.39. The molecular weight excluding hydrogens is 350 g/mol. The molecule has 0 spiro atoms. The van der Waals surface area contributed by atoms with E-state index in [-0.39, 0.29) is 5.91 Å². The van der Waals surface area contributed by atoms with E-state index in [4.69, 9.17) is 16.3 Å². The molecular formula is C20H24ClN3O2. The van der Waals surface area contributed by atoms with Gasteiger partial charge in [-0.05, 0) is 49.8 Å². The maximum Gasteiger partial charge on any atom is 0.253 e. The predicted molar refractivity (Wildman–Crippen MR) is 101 cm³/mol. The topological polar surface area (TPSA) is 47.4 Å². The highest BCUT2D eigenvalue weighted by Gasteiger charge is 2.30. The molecule has 138 valence electrons. The molecule has 0 bridgehead atoms. The summed E-state index contributed by atoms with van der Waals surface area (Å²) in [7, 11) is 1.57. The van der Waals surface area contributed by atoms with Crippen molar-refractivity contribution in [3.05, 3.63) is 47.0 Å². The number of rotatable bonds is 5. The van der Waals surface area contributed by atoms with Crippen molar-refractivity contribution < 1.29 is 9.53 Å². The number of carbonyl (C=O) groups is 1. The highest BCUT2D eigenvalue weighted by molar-refractivity contribution is 6.32. The number of benzene rings is 1. The van der Waals surface area contributed by atoms with Crippen molar-refractivity contribution in [2.75, 3.05) is 20.2 Å². The van der Waals surface area contributed by atoms with E-state index < -0.39 is 0 Å². The minimum Gasteiger partial charge on any atom is -0.495 e. The SMILES string of the molecule is COc1ccc(C(=O)N2CCC[C@H](c3nccn3CC3CC3)C2)cc1Cl. The third kappa shape index (κ3) is 3.58. The summed E-state index contributed by atoms with van der Waals surface area (Å²) in [6, 6.07) is 5.23. The number of likely N-dealkylation sites (tertiary alicyclic amines) is 1. The maximum atomic E-state index is 12.9. The van der Waals surface area contributed by atoms with Crippen LogP contribution in [0.4, 0.5) is 0 Å². The lowest BCUT2D eigenvalue weighted by Gasteiger charge is -2.33. The van der Waals surface area contributed by atoms with Crippen LogP contribution in [0, 0.1) is 5.92 Å². The van der Waals surface area contributed by atoms with E-state index in [1.54, 1.807) is 25.3 Å². The molecule has 2 fully saturated rings. The normalized spacial score (nSPS) is 20.2. The summed E-state index contributed by atoms with van der Waals surface area (Å²) in [5.41, 5.74) is 0.609. The van der Waals surface area contributed by atoms with Crippen LogP contribution < -0.4 is 4.74 Å². The number of halogens is 1. The fourth-order valence-electron chi connectivity index (χ4n) is 3.77. The molecule has 0 radical (unpaired) electrons. The Labute approximate surface area is 158 Å². The summed E-state index contributed by atoms with van der Waals surface area (Å²) >= 11 is 6.19. The molecule has 2 heterocycles. The van der Waals surface area contributed by atoms with Crippen LogP contribution in [0.2, 0.25) is 5.02 Å². The van der Waals surface area contributed by atoms with Gasteiger partial charge in [0.05, 0.1) is 12.1 Å². The molecule has 0 N–H and O–H groups in total. The van der Waals surface area contributed by atoms with Crippen LogP contribution in [-0.2, 0) is 6.54 Å². The van der Waals surface area contributed by atoms with Crippen LogP contribution in [0.25, 0.3) is 0 Å².